The largest absolute Gasteiger partial charge is 0.417 e. The van der Waals surface area contributed by atoms with Crippen LogP contribution in [0, 0.1) is 11.3 Å². The molecule has 10 heteroatoms. The van der Waals surface area contributed by atoms with Gasteiger partial charge in [-0.15, -0.1) is 0 Å². The number of nitriles is 1. The van der Waals surface area contributed by atoms with Crippen molar-refractivity contribution in [3.8, 4) is 79.0 Å². The van der Waals surface area contributed by atoms with Crippen LogP contribution >= 0.6 is 0 Å². The summed E-state index contributed by atoms with van der Waals surface area (Å²) in [6.07, 6.45) is -9.70. The van der Waals surface area contributed by atoms with Gasteiger partial charge in [0.25, 0.3) is 0 Å². The highest BCUT2D eigenvalue weighted by atomic mass is 19.4. The van der Waals surface area contributed by atoms with Crippen molar-refractivity contribution >= 4 is 21.8 Å². The fourth-order valence-electron chi connectivity index (χ4n) is 8.57. The Balaban J connectivity index is 1.36. The maximum absolute atomic E-state index is 15.3. The summed E-state index contributed by atoms with van der Waals surface area (Å²) in [5, 5.41) is 10.9. The highest BCUT2D eigenvalue weighted by Gasteiger charge is 2.37. The Hall–Kier alpha value is -8.29. The lowest BCUT2D eigenvalue weighted by Gasteiger charge is -2.24. The van der Waals surface area contributed by atoms with E-state index in [0.717, 1.165) is 39.8 Å². The van der Waals surface area contributed by atoms with Crippen molar-refractivity contribution in [3.05, 3.63) is 211 Å². The molecule has 0 atom stereocenters. The van der Waals surface area contributed by atoms with Gasteiger partial charge in [-0.2, -0.15) is 31.6 Å². The molecule has 2 aromatic heterocycles. The summed E-state index contributed by atoms with van der Waals surface area (Å²) in [4.78, 5) is 9.95. The van der Waals surface area contributed by atoms with Crippen molar-refractivity contribution in [2.24, 2.45) is 0 Å². The molecular formula is C55H32F6N4. The lowest BCUT2D eigenvalue weighted by molar-refractivity contribution is -0.137. The molecule has 0 amide bonds. The van der Waals surface area contributed by atoms with E-state index in [1.807, 2.05) is 115 Å². The first kappa shape index (κ1) is 40.8. The summed E-state index contributed by atoms with van der Waals surface area (Å²) < 4.78 is 93.7. The van der Waals surface area contributed by atoms with Crippen molar-refractivity contribution in [2.75, 3.05) is 0 Å². The summed E-state index contributed by atoms with van der Waals surface area (Å²) in [5.41, 5.74) is 3.58. The normalized spacial score (nSPS) is 11.8. The molecule has 10 aromatic rings. The molecule has 0 spiro atoms. The Morgan fingerprint density at radius 1 is 0.400 bits per heavy atom. The smallest absolute Gasteiger partial charge is 0.308 e. The van der Waals surface area contributed by atoms with Crippen molar-refractivity contribution in [1.82, 2.24) is 14.5 Å². The molecule has 4 nitrogen and oxygen atoms in total. The summed E-state index contributed by atoms with van der Waals surface area (Å²) >= 11 is 0. The molecule has 0 saturated heterocycles. The minimum absolute atomic E-state index is 0.0104. The molecule has 65 heavy (non-hydrogen) atoms. The molecule has 2 heterocycles. The van der Waals surface area contributed by atoms with Crippen LogP contribution in [0.3, 0.4) is 0 Å². The van der Waals surface area contributed by atoms with E-state index in [1.54, 1.807) is 34.9 Å². The van der Waals surface area contributed by atoms with Gasteiger partial charge in [0.05, 0.1) is 50.9 Å². The zero-order valence-corrected chi connectivity index (χ0v) is 34.0. The van der Waals surface area contributed by atoms with Crippen molar-refractivity contribution in [3.63, 3.8) is 0 Å². The fourth-order valence-corrected chi connectivity index (χ4v) is 8.57. The minimum atomic E-state index is -4.85. The molecule has 0 unspecified atom stereocenters. The number of nitrogens with zero attached hydrogens (tertiary/aromatic N) is 4. The van der Waals surface area contributed by atoms with Crippen LogP contribution < -0.4 is 0 Å². The Morgan fingerprint density at radius 2 is 0.877 bits per heavy atom. The molecule has 0 saturated carbocycles. The van der Waals surface area contributed by atoms with E-state index in [4.69, 9.17) is 9.97 Å². The van der Waals surface area contributed by atoms with E-state index in [2.05, 4.69) is 6.07 Å². The van der Waals surface area contributed by atoms with E-state index in [-0.39, 0.29) is 39.3 Å². The highest BCUT2D eigenvalue weighted by molar-refractivity contribution is 6.12. The first-order valence-electron chi connectivity index (χ1n) is 20.5. The number of hydrogen-bond donors (Lipinski definition) is 0. The standard InChI is InChI=1S/C55H32F6N4/c56-54(57,58)46-20-10-7-17-40(46)44-30-39(53-63-48(36-13-3-1-4-14-36)32-49(64-53)37-15-5-2-6-16-37)31-45(41-18-8-11-21-47(41)55(59,60)61)52(44)65-50-22-12-9-19-42(50)43-29-38(27-28-51(43)65)35-25-23-34(33-62)24-26-35/h1-32H. The summed E-state index contributed by atoms with van der Waals surface area (Å²) in [6.45, 7) is 0. The van der Waals surface area contributed by atoms with Gasteiger partial charge in [0, 0.05) is 38.6 Å². The highest BCUT2D eigenvalue weighted by Crippen LogP contribution is 2.49. The predicted molar refractivity (Wildman–Crippen MR) is 244 cm³/mol. The Bertz CT molecular complexity index is 3320. The van der Waals surface area contributed by atoms with E-state index >= 15 is 26.3 Å². The van der Waals surface area contributed by atoms with Crippen LogP contribution in [0.2, 0.25) is 0 Å². The van der Waals surface area contributed by atoms with Crippen LogP contribution in [0.1, 0.15) is 16.7 Å². The van der Waals surface area contributed by atoms with Crippen LogP contribution in [-0.2, 0) is 12.4 Å². The van der Waals surface area contributed by atoms with E-state index in [1.165, 1.54) is 36.4 Å². The Kier molecular flexibility index (Phi) is 10.1. The van der Waals surface area contributed by atoms with Crippen LogP contribution in [0.15, 0.2) is 194 Å². The average Bonchev–Trinajstić information content (AvgIpc) is 3.66. The monoisotopic (exact) mass is 862 g/mol. The topological polar surface area (TPSA) is 54.5 Å². The second kappa shape index (κ2) is 16.1. The van der Waals surface area contributed by atoms with Gasteiger partial charge in [-0.25, -0.2) is 9.97 Å². The Labute approximate surface area is 369 Å². The quantitative estimate of drug-likeness (QED) is 0.150. The predicted octanol–water partition coefficient (Wildman–Crippen LogP) is 15.5. The molecule has 10 rings (SSSR count). The molecule has 8 aromatic carbocycles. The van der Waals surface area contributed by atoms with Crippen LogP contribution in [0.25, 0.3) is 94.8 Å². The fraction of sp³-hybridized carbons (Fsp3) is 0.0364. The first-order valence-corrected chi connectivity index (χ1v) is 20.5. The zero-order valence-electron chi connectivity index (χ0n) is 34.0. The molecule has 0 N–H and O–H groups in total. The van der Waals surface area contributed by atoms with Gasteiger partial charge < -0.3 is 4.57 Å². The van der Waals surface area contributed by atoms with Gasteiger partial charge in [-0.05, 0) is 82.9 Å². The SMILES string of the molecule is N#Cc1ccc(-c2ccc3c(c2)c2ccccc2n3-c2c(-c3ccccc3C(F)(F)F)cc(-c3nc(-c4ccccc4)cc(-c4ccccc4)n3)cc2-c2ccccc2C(F)(F)F)cc1. The molecule has 0 aliphatic carbocycles. The van der Waals surface area contributed by atoms with Gasteiger partial charge in [-0.1, -0.05) is 133 Å². The minimum Gasteiger partial charge on any atom is -0.308 e. The van der Waals surface area contributed by atoms with E-state index in [0.29, 0.717) is 33.4 Å². The number of alkyl halides is 6. The number of fused-ring (bicyclic) bond motifs is 3. The maximum atomic E-state index is 15.3. The first-order chi connectivity index (χ1) is 31.5. The lowest BCUT2D eigenvalue weighted by Crippen LogP contribution is -2.11. The van der Waals surface area contributed by atoms with E-state index in [9.17, 15) is 5.26 Å². The average molecular weight is 863 g/mol. The second-order valence-corrected chi connectivity index (χ2v) is 15.5. The second-order valence-electron chi connectivity index (χ2n) is 15.5. The van der Waals surface area contributed by atoms with Crippen LogP contribution in [-0.4, -0.2) is 14.5 Å². The number of benzene rings is 8. The van der Waals surface area contributed by atoms with Gasteiger partial charge in [0.1, 0.15) is 0 Å². The Morgan fingerprint density at radius 3 is 1.42 bits per heavy atom. The molecular weight excluding hydrogens is 831 g/mol. The van der Waals surface area contributed by atoms with Crippen LogP contribution in [0.5, 0.6) is 0 Å². The number of para-hydroxylation sites is 1. The molecule has 0 bridgehead atoms. The van der Waals surface area contributed by atoms with Crippen molar-refractivity contribution < 1.29 is 26.3 Å². The lowest BCUT2D eigenvalue weighted by atomic mass is 9.88. The third kappa shape index (κ3) is 7.57. The summed E-state index contributed by atoms with van der Waals surface area (Å²) in [5.74, 6) is 0.0996. The third-order valence-electron chi connectivity index (χ3n) is 11.5. The van der Waals surface area contributed by atoms with Crippen molar-refractivity contribution in [1.29, 1.82) is 5.26 Å². The van der Waals surface area contributed by atoms with Crippen LogP contribution in [0.4, 0.5) is 26.3 Å². The van der Waals surface area contributed by atoms with Gasteiger partial charge >= 0.3 is 12.4 Å². The molecule has 0 fully saturated rings. The maximum Gasteiger partial charge on any atom is 0.417 e. The van der Waals surface area contributed by atoms with Gasteiger partial charge in [0.15, 0.2) is 5.82 Å². The number of halogens is 6. The summed E-state index contributed by atoms with van der Waals surface area (Å²) in [6, 6.07) is 55.9. The number of hydrogen-bond acceptors (Lipinski definition) is 3. The summed E-state index contributed by atoms with van der Waals surface area (Å²) in [7, 11) is 0. The van der Waals surface area contributed by atoms with Gasteiger partial charge in [0.2, 0.25) is 0 Å². The van der Waals surface area contributed by atoms with Gasteiger partial charge in [-0.3, -0.25) is 0 Å². The molecule has 314 valence electrons. The molecule has 0 aliphatic rings. The van der Waals surface area contributed by atoms with E-state index < -0.39 is 23.5 Å². The number of rotatable bonds is 7. The zero-order chi connectivity index (χ0) is 44.9. The molecule has 0 radical (unpaired) electrons. The van der Waals surface area contributed by atoms with Crippen molar-refractivity contribution in [2.45, 2.75) is 12.4 Å². The molecule has 0 aliphatic heterocycles. The number of aromatic nitrogens is 3. The third-order valence-corrected chi connectivity index (χ3v) is 11.5.